The van der Waals surface area contributed by atoms with E-state index in [1.165, 1.54) is 77.0 Å². The molecule has 1 saturated heterocycles. The van der Waals surface area contributed by atoms with Gasteiger partial charge >= 0.3 is 6.09 Å². The van der Waals surface area contributed by atoms with Crippen LogP contribution < -0.4 is 5.32 Å². The number of amides is 1. The monoisotopic (exact) mass is 477 g/mol. The highest BCUT2D eigenvalue weighted by Gasteiger charge is 2.60. The molecule has 1 heterocycles. The summed E-state index contributed by atoms with van der Waals surface area (Å²) in [5, 5.41) is 11.4. The molecule has 198 valence electrons. The van der Waals surface area contributed by atoms with Crippen LogP contribution in [0.5, 0.6) is 0 Å². The largest absolute Gasteiger partial charge is 0.465 e. The molecule has 4 aliphatic carbocycles. The van der Waals surface area contributed by atoms with Crippen LogP contribution >= 0.6 is 0 Å². The maximum atomic E-state index is 10.8. The van der Waals surface area contributed by atoms with Gasteiger partial charge in [0, 0.05) is 19.8 Å². The fourth-order valence-corrected chi connectivity index (χ4v) is 9.39. The molecule has 0 bridgehead atoms. The van der Waals surface area contributed by atoms with Crippen molar-refractivity contribution in [3.05, 3.63) is 0 Å². The Morgan fingerprint density at radius 2 is 1.62 bits per heavy atom. The van der Waals surface area contributed by atoms with Crippen molar-refractivity contribution in [2.45, 2.75) is 118 Å². The van der Waals surface area contributed by atoms with Gasteiger partial charge in [0.05, 0.1) is 0 Å². The first kappa shape index (κ1) is 27.8. The maximum Gasteiger partial charge on any atom is 0.404 e. The summed E-state index contributed by atoms with van der Waals surface area (Å²) in [4.78, 5) is 10.8. The van der Waals surface area contributed by atoms with E-state index in [9.17, 15) is 4.79 Å². The number of ether oxygens (including phenoxy) is 1. The van der Waals surface area contributed by atoms with E-state index in [0.29, 0.717) is 23.3 Å². The Kier molecular flexibility index (Phi) is 10.2. The quantitative estimate of drug-likeness (QED) is 0.429. The minimum Gasteiger partial charge on any atom is -0.465 e. The van der Waals surface area contributed by atoms with Gasteiger partial charge in [0.2, 0.25) is 0 Å². The predicted octanol–water partition coefficient (Wildman–Crippen LogP) is 8.15. The second kappa shape index (κ2) is 12.5. The van der Waals surface area contributed by atoms with E-state index >= 15 is 0 Å². The van der Waals surface area contributed by atoms with Crippen molar-refractivity contribution < 1.29 is 14.6 Å². The van der Waals surface area contributed by atoms with Gasteiger partial charge in [0.25, 0.3) is 0 Å². The van der Waals surface area contributed by atoms with Gasteiger partial charge in [-0.25, -0.2) is 4.79 Å². The Morgan fingerprint density at radius 1 is 0.912 bits per heavy atom. The van der Waals surface area contributed by atoms with Gasteiger partial charge in [0.1, 0.15) is 0 Å². The van der Waals surface area contributed by atoms with E-state index in [2.05, 4.69) is 26.1 Å². The summed E-state index contributed by atoms with van der Waals surface area (Å²) in [6, 6.07) is 0. The zero-order valence-corrected chi connectivity index (χ0v) is 23.0. The third kappa shape index (κ3) is 5.79. The lowest BCUT2D eigenvalue weighted by Crippen LogP contribution is -2.53. The first-order valence-electron chi connectivity index (χ1n) is 14.9. The van der Waals surface area contributed by atoms with Crippen LogP contribution in [0.15, 0.2) is 0 Å². The molecule has 34 heavy (non-hydrogen) atoms. The molecular formula is C30H55NO3. The smallest absolute Gasteiger partial charge is 0.404 e. The van der Waals surface area contributed by atoms with Crippen LogP contribution in [0.3, 0.4) is 0 Å². The van der Waals surface area contributed by atoms with Crippen LogP contribution in [0.2, 0.25) is 0 Å². The van der Waals surface area contributed by atoms with Crippen molar-refractivity contribution in [3.8, 4) is 0 Å². The molecule has 8 atom stereocenters. The highest BCUT2D eigenvalue weighted by atomic mass is 16.5. The van der Waals surface area contributed by atoms with E-state index < -0.39 is 6.09 Å². The highest BCUT2D eigenvalue weighted by molar-refractivity contribution is 5.64. The van der Waals surface area contributed by atoms with E-state index in [0.717, 1.165) is 49.2 Å². The summed E-state index contributed by atoms with van der Waals surface area (Å²) in [5.74, 6) is 5.31. The van der Waals surface area contributed by atoms with Crippen LogP contribution in [0.4, 0.5) is 4.79 Å². The average molecular weight is 478 g/mol. The molecule has 0 spiro atoms. The molecule has 5 fully saturated rings. The minimum absolute atomic E-state index is 0.502. The minimum atomic E-state index is -0.879. The predicted molar refractivity (Wildman–Crippen MR) is 141 cm³/mol. The number of rotatable bonds is 4. The van der Waals surface area contributed by atoms with Gasteiger partial charge in [-0.15, -0.1) is 0 Å². The van der Waals surface area contributed by atoms with Crippen molar-refractivity contribution in [2.75, 3.05) is 19.8 Å². The first-order chi connectivity index (χ1) is 16.4. The Labute approximate surface area is 210 Å². The molecule has 0 radical (unpaired) electrons. The number of fused-ring (bicyclic) bond motifs is 5. The summed E-state index contributed by atoms with van der Waals surface area (Å²) >= 11 is 0. The van der Waals surface area contributed by atoms with E-state index in [4.69, 9.17) is 9.84 Å². The number of hydrogen-bond acceptors (Lipinski definition) is 2. The van der Waals surface area contributed by atoms with Crippen LogP contribution in [0.25, 0.3) is 0 Å². The highest BCUT2D eigenvalue weighted by Crippen LogP contribution is 2.68. The Morgan fingerprint density at radius 3 is 2.26 bits per heavy atom. The molecule has 5 aliphatic rings. The molecule has 0 aromatic heterocycles. The van der Waals surface area contributed by atoms with E-state index in [1.807, 2.05) is 13.8 Å². The summed E-state index contributed by atoms with van der Waals surface area (Å²) < 4.78 is 4.94. The summed E-state index contributed by atoms with van der Waals surface area (Å²) in [6.45, 7) is 14.3. The molecule has 5 rings (SSSR count). The molecular weight excluding hydrogens is 422 g/mol. The lowest BCUT2D eigenvalue weighted by atomic mass is 9.44. The van der Waals surface area contributed by atoms with Crippen molar-refractivity contribution >= 4 is 6.09 Å². The van der Waals surface area contributed by atoms with Gasteiger partial charge in [-0.05, 0) is 117 Å². The molecule has 8 unspecified atom stereocenters. The molecule has 2 N–H and O–H groups in total. The lowest BCUT2D eigenvalue weighted by molar-refractivity contribution is -0.114. The number of carbonyl (C=O) groups is 1. The molecule has 4 heteroatoms. The van der Waals surface area contributed by atoms with Gasteiger partial charge in [0.15, 0.2) is 0 Å². The Bertz CT molecular complexity index is 627. The van der Waals surface area contributed by atoms with Crippen molar-refractivity contribution in [1.29, 1.82) is 0 Å². The molecule has 1 aliphatic heterocycles. The summed E-state index contributed by atoms with van der Waals surface area (Å²) in [6.07, 6.45) is 17.3. The van der Waals surface area contributed by atoms with Crippen LogP contribution in [0.1, 0.15) is 118 Å². The lowest BCUT2D eigenvalue weighted by Gasteiger charge is -2.61. The van der Waals surface area contributed by atoms with Gasteiger partial charge < -0.3 is 15.2 Å². The number of hydrogen-bond donors (Lipinski definition) is 2. The van der Waals surface area contributed by atoms with Crippen molar-refractivity contribution in [2.24, 2.45) is 46.3 Å². The van der Waals surface area contributed by atoms with Crippen LogP contribution in [-0.2, 0) is 4.74 Å². The molecule has 0 aromatic carbocycles. The van der Waals surface area contributed by atoms with Crippen molar-refractivity contribution in [3.63, 3.8) is 0 Å². The summed E-state index contributed by atoms with van der Waals surface area (Å²) in [5.41, 5.74) is 1.14. The maximum absolute atomic E-state index is 10.8. The molecule has 1 amide bonds. The van der Waals surface area contributed by atoms with Gasteiger partial charge in [-0.3, -0.25) is 0 Å². The first-order valence-corrected chi connectivity index (χ1v) is 14.9. The Balaban J connectivity index is 0.000000404. The molecule has 4 saturated carbocycles. The number of carboxylic acid groups (broad SMARTS) is 1. The van der Waals surface area contributed by atoms with Gasteiger partial charge in [-0.2, -0.15) is 0 Å². The Hall–Kier alpha value is -0.770. The second-order valence-corrected chi connectivity index (χ2v) is 12.4. The summed E-state index contributed by atoms with van der Waals surface area (Å²) in [7, 11) is 0. The zero-order valence-electron chi connectivity index (χ0n) is 23.0. The third-order valence-corrected chi connectivity index (χ3v) is 11.0. The van der Waals surface area contributed by atoms with Crippen molar-refractivity contribution in [1.82, 2.24) is 5.32 Å². The zero-order chi connectivity index (χ0) is 24.8. The molecule has 0 aromatic rings. The van der Waals surface area contributed by atoms with E-state index in [1.54, 1.807) is 0 Å². The molecule has 4 nitrogen and oxygen atoms in total. The van der Waals surface area contributed by atoms with Crippen LogP contribution in [-0.4, -0.2) is 31.0 Å². The SMILES string of the molecule is C1CCOC1.CC.CC(CCNC(=O)O)C1CCC2C3CCC4CCCCC4(C)C3CCC12C. The second-order valence-electron chi connectivity index (χ2n) is 12.4. The average Bonchev–Trinajstić information content (AvgIpc) is 3.51. The van der Waals surface area contributed by atoms with Crippen LogP contribution in [0, 0.1) is 46.3 Å². The fourth-order valence-electron chi connectivity index (χ4n) is 9.39. The standard InChI is InChI=1S/C24H41NO2.C4H8O.C2H6/c1-16(12-15-25-22(26)27)19-9-10-20-18-8-7-17-6-4-5-13-23(17,2)21(18)11-14-24(19,20)3;1-2-4-5-3-1;1-2/h16-21,25H,4-15H2,1-3H3,(H,26,27);1-4H2;1-2H3. The normalized spacial score (nSPS) is 41.4. The topological polar surface area (TPSA) is 58.6 Å². The third-order valence-electron chi connectivity index (χ3n) is 11.0. The van der Waals surface area contributed by atoms with Gasteiger partial charge in [-0.1, -0.05) is 47.5 Å². The number of nitrogens with one attached hydrogen (secondary N) is 1. The van der Waals surface area contributed by atoms with E-state index in [-0.39, 0.29) is 0 Å². The fraction of sp³-hybridized carbons (Fsp3) is 0.967.